The first kappa shape index (κ1) is 12.5. The highest BCUT2D eigenvalue weighted by Gasteiger charge is 2.23. The topological polar surface area (TPSA) is 26.3 Å². The minimum absolute atomic E-state index is 0.123. The van der Waals surface area contributed by atoms with Gasteiger partial charge in [0.05, 0.1) is 6.10 Å². The molecule has 0 N–H and O–H groups in total. The first-order chi connectivity index (χ1) is 9.31. The highest BCUT2D eigenvalue weighted by Crippen LogP contribution is 2.28. The van der Waals surface area contributed by atoms with Crippen LogP contribution in [0.2, 0.25) is 0 Å². The minimum Gasteiger partial charge on any atom is -0.490 e. The van der Waals surface area contributed by atoms with Crippen LogP contribution in [0.1, 0.15) is 55.3 Å². The zero-order chi connectivity index (χ0) is 13.1. The van der Waals surface area contributed by atoms with E-state index in [2.05, 4.69) is 0 Å². The molecule has 0 amide bonds. The Morgan fingerprint density at radius 2 is 1.95 bits per heavy atom. The first-order valence-electron chi connectivity index (χ1n) is 7.32. The molecule has 0 atom stereocenters. The Morgan fingerprint density at radius 3 is 2.68 bits per heavy atom. The molecular formula is C17H20O2. The summed E-state index contributed by atoms with van der Waals surface area (Å²) in [7, 11) is 0. The molecule has 0 aromatic heterocycles. The van der Waals surface area contributed by atoms with Crippen LogP contribution in [-0.2, 0) is 0 Å². The predicted octanol–water partition coefficient (Wildman–Crippen LogP) is 4.30. The van der Waals surface area contributed by atoms with E-state index in [0.717, 1.165) is 37.0 Å². The van der Waals surface area contributed by atoms with Gasteiger partial charge in [-0.2, -0.15) is 0 Å². The van der Waals surface area contributed by atoms with Gasteiger partial charge in [-0.15, -0.1) is 0 Å². The minimum atomic E-state index is 0.123. The van der Waals surface area contributed by atoms with Gasteiger partial charge in [-0.05, 0) is 56.7 Å². The number of rotatable bonds is 4. The van der Waals surface area contributed by atoms with Crippen molar-refractivity contribution in [2.24, 2.45) is 0 Å². The predicted molar refractivity (Wildman–Crippen MR) is 75.6 cm³/mol. The molecule has 0 radical (unpaired) electrons. The van der Waals surface area contributed by atoms with E-state index in [1.807, 2.05) is 30.3 Å². The molecular weight excluding hydrogens is 236 g/mol. The fraction of sp³-hybridized carbons (Fsp3) is 0.471. The van der Waals surface area contributed by atoms with Crippen molar-refractivity contribution in [1.29, 1.82) is 0 Å². The maximum Gasteiger partial charge on any atom is 0.185 e. The summed E-state index contributed by atoms with van der Waals surface area (Å²) in [6, 6.07) is 7.59. The standard InChI is InChI=1S/C17H20O2/c18-17(11-13-5-2-1-3-6-13)14-7-4-8-16(12-14)19-15-9-10-15/h4,7-8,11-12,15H,1-3,5-6,9-10H2. The summed E-state index contributed by atoms with van der Waals surface area (Å²) in [5, 5.41) is 0. The second-order valence-corrected chi connectivity index (χ2v) is 5.57. The van der Waals surface area contributed by atoms with Crippen LogP contribution >= 0.6 is 0 Å². The number of carbonyl (C=O) groups is 1. The maximum atomic E-state index is 12.2. The molecule has 0 unspecified atom stereocenters. The Balaban J connectivity index is 1.71. The molecule has 1 aromatic carbocycles. The van der Waals surface area contributed by atoms with Gasteiger partial charge < -0.3 is 4.74 Å². The smallest absolute Gasteiger partial charge is 0.185 e. The molecule has 2 aliphatic carbocycles. The van der Waals surface area contributed by atoms with Gasteiger partial charge in [0.15, 0.2) is 5.78 Å². The molecule has 2 saturated carbocycles. The average Bonchev–Trinajstić information content (AvgIpc) is 3.24. The van der Waals surface area contributed by atoms with Crippen molar-refractivity contribution in [1.82, 2.24) is 0 Å². The summed E-state index contributed by atoms with van der Waals surface area (Å²) in [4.78, 5) is 12.2. The number of hydrogen-bond donors (Lipinski definition) is 0. The SMILES string of the molecule is O=C(C=C1CCCCC1)c1cccc(OC2CC2)c1. The second kappa shape index (κ2) is 5.60. The van der Waals surface area contributed by atoms with Crippen molar-refractivity contribution in [3.63, 3.8) is 0 Å². The van der Waals surface area contributed by atoms with Crippen LogP contribution < -0.4 is 4.74 Å². The lowest BCUT2D eigenvalue weighted by Gasteiger charge is -2.13. The van der Waals surface area contributed by atoms with Crippen molar-refractivity contribution in [3.8, 4) is 5.75 Å². The quantitative estimate of drug-likeness (QED) is 0.593. The van der Waals surface area contributed by atoms with E-state index in [0.29, 0.717) is 6.10 Å². The molecule has 2 fully saturated rings. The van der Waals surface area contributed by atoms with E-state index < -0.39 is 0 Å². The van der Waals surface area contributed by atoms with Gasteiger partial charge in [-0.25, -0.2) is 0 Å². The Morgan fingerprint density at radius 1 is 1.16 bits per heavy atom. The van der Waals surface area contributed by atoms with E-state index in [1.54, 1.807) is 0 Å². The number of benzene rings is 1. The van der Waals surface area contributed by atoms with Crippen LogP contribution in [0.25, 0.3) is 0 Å². The van der Waals surface area contributed by atoms with Crippen molar-refractivity contribution < 1.29 is 9.53 Å². The van der Waals surface area contributed by atoms with Gasteiger partial charge in [-0.3, -0.25) is 4.79 Å². The van der Waals surface area contributed by atoms with Gasteiger partial charge in [0.2, 0.25) is 0 Å². The molecule has 0 aliphatic heterocycles. The molecule has 0 bridgehead atoms. The third-order valence-electron chi connectivity index (χ3n) is 3.78. The molecule has 2 heteroatoms. The number of hydrogen-bond acceptors (Lipinski definition) is 2. The lowest BCUT2D eigenvalue weighted by atomic mass is 9.93. The molecule has 2 nitrogen and oxygen atoms in total. The zero-order valence-corrected chi connectivity index (χ0v) is 11.2. The molecule has 0 spiro atoms. The van der Waals surface area contributed by atoms with Crippen LogP contribution in [0.15, 0.2) is 35.9 Å². The Labute approximate surface area is 114 Å². The van der Waals surface area contributed by atoms with Gasteiger partial charge >= 0.3 is 0 Å². The fourth-order valence-electron chi connectivity index (χ4n) is 2.52. The van der Waals surface area contributed by atoms with E-state index in [9.17, 15) is 4.79 Å². The van der Waals surface area contributed by atoms with Crippen LogP contribution in [0.5, 0.6) is 5.75 Å². The zero-order valence-electron chi connectivity index (χ0n) is 11.2. The van der Waals surface area contributed by atoms with Gasteiger partial charge in [0.25, 0.3) is 0 Å². The summed E-state index contributed by atoms with van der Waals surface area (Å²) in [6.45, 7) is 0. The van der Waals surface area contributed by atoms with Crippen LogP contribution in [0.3, 0.4) is 0 Å². The van der Waals surface area contributed by atoms with Crippen LogP contribution in [0, 0.1) is 0 Å². The van der Waals surface area contributed by atoms with Gasteiger partial charge in [0.1, 0.15) is 5.75 Å². The van der Waals surface area contributed by atoms with E-state index in [4.69, 9.17) is 4.74 Å². The number of ether oxygens (including phenoxy) is 1. The van der Waals surface area contributed by atoms with Crippen molar-refractivity contribution >= 4 is 5.78 Å². The molecule has 2 aliphatic rings. The lowest BCUT2D eigenvalue weighted by molar-refractivity contribution is 0.104. The molecule has 1 aromatic rings. The monoisotopic (exact) mass is 256 g/mol. The highest BCUT2D eigenvalue weighted by atomic mass is 16.5. The molecule has 0 saturated heterocycles. The van der Waals surface area contributed by atoms with E-state index in [-0.39, 0.29) is 5.78 Å². The Hall–Kier alpha value is -1.57. The highest BCUT2D eigenvalue weighted by molar-refractivity contribution is 6.05. The van der Waals surface area contributed by atoms with Crippen molar-refractivity contribution in [2.75, 3.05) is 0 Å². The van der Waals surface area contributed by atoms with E-state index >= 15 is 0 Å². The van der Waals surface area contributed by atoms with Crippen LogP contribution in [0.4, 0.5) is 0 Å². The Bertz CT molecular complexity index is 490. The van der Waals surface area contributed by atoms with Gasteiger partial charge in [-0.1, -0.05) is 24.1 Å². The lowest BCUT2D eigenvalue weighted by Crippen LogP contribution is -2.01. The first-order valence-corrected chi connectivity index (χ1v) is 7.32. The summed E-state index contributed by atoms with van der Waals surface area (Å²) in [5.74, 6) is 0.952. The normalized spacial score (nSPS) is 19.1. The summed E-state index contributed by atoms with van der Waals surface area (Å²) >= 11 is 0. The fourth-order valence-corrected chi connectivity index (χ4v) is 2.52. The number of ketones is 1. The van der Waals surface area contributed by atoms with Gasteiger partial charge in [0, 0.05) is 5.56 Å². The summed E-state index contributed by atoms with van der Waals surface area (Å²) in [5.41, 5.74) is 2.06. The summed E-state index contributed by atoms with van der Waals surface area (Å²) in [6.07, 6.45) is 10.4. The average molecular weight is 256 g/mol. The third kappa shape index (κ3) is 3.46. The number of allylic oxidation sites excluding steroid dienone is 2. The largest absolute Gasteiger partial charge is 0.490 e. The van der Waals surface area contributed by atoms with Crippen molar-refractivity contribution in [3.05, 3.63) is 41.5 Å². The van der Waals surface area contributed by atoms with E-state index in [1.165, 1.54) is 24.8 Å². The third-order valence-corrected chi connectivity index (χ3v) is 3.78. The molecule has 100 valence electrons. The second-order valence-electron chi connectivity index (χ2n) is 5.57. The molecule has 3 rings (SSSR count). The van der Waals surface area contributed by atoms with Crippen molar-refractivity contribution in [2.45, 2.75) is 51.0 Å². The Kier molecular flexibility index (Phi) is 3.67. The summed E-state index contributed by atoms with van der Waals surface area (Å²) < 4.78 is 5.73. The number of carbonyl (C=O) groups excluding carboxylic acids is 1. The molecule has 0 heterocycles. The molecule has 19 heavy (non-hydrogen) atoms. The van der Waals surface area contributed by atoms with Crippen LogP contribution in [-0.4, -0.2) is 11.9 Å². The maximum absolute atomic E-state index is 12.2.